The molecule has 0 fully saturated rings. The van der Waals surface area contributed by atoms with Crippen molar-refractivity contribution in [3.05, 3.63) is 21.4 Å². The Kier molecular flexibility index (Phi) is 2.93. The lowest BCUT2D eigenvalue weighted by atomic mass is 10.1. The molecule has 2 heterocycles. The van der Waals surface area contributed by atoms with Gasteiger partial charge in [0, 0.05) is 22.3 Å². The third-order valence-electron chi connectivity index (χ3n) is 2.86. The van der Waals surface area contributed by atoms with E-state index >= 15 is 0 Å². The predicted octanol–water partition coefficient (Wildman–Crippen LogP) is 2.95. The lowest BCUT2D eigenvalue weighted by molar-refractivity contribution is 0.568. The summed E-state index contributed by atoms with van der Waals surface area (Å²) in [5, 5.41) is 3.53. The molecule has 1 atom stereocenters. The zero-order chi connectivity index (χ0) is 10.1. The summed E-state index contributed by atoms with van der Waals surface area (Å²) in [6.45, 7) is 7.99. The molecule has 1 aliphatic heterocycles. The van der Waals surface area contributed by atoms with E-state index in [9.17, 15) is 0 Å². The first kappa shape index (κ1) is 10.2. The Morgan fingerprint density at radius 1 is 1.50 bits per heavy atom. The standard InChI is InChI=1S/C12H19NS/c1-8(2)12-7-10-6-9(3)13-5-4-11(10)14-12/h7-9,13H,4-6H2,1-3H3. The van der Waals surface area contributed by atoms with Crippen LogP contribution in [0.1, 0.15) is 42.0 Å². The van der Waals surface area contributed by atoms with Crippen molar-refractivity contribution in [2.75, 3.05) is 6.54 Å². The van der Waals surface area contributed by atoms with Gasteiger partial charge in [0.05, 0.1) is 0 Å². The molecule has 2 rings (SSSR count). The molecule has 0 saturated carbocycles. The summed E-state index contributed by atoms with van der Waals surface area (Å²) in [7, 11) is 0. The molecule has 0 saturated heterocycles. The summed E-state index contributed by atoms with van der Waals surface area (Å²) in [6.07, 6.45) is 2.43. The Bertz CT molecular complexity index is 314. The topological polar surface area (TPSA) is 12.0 Å². The van der Waals surface area contributed by atoms with Gasteiger partial charge in [-0.15, -0.1) is 11.3 Å². The monoisotopic (exact) mass is 209 g/mol. The van der Waals surface area contributed by atoms with E-state index in [-0.39, 0.29) is 0 Å². The quantitative estimate of drug-likeness (QED) is 0.750. The molecular formula is C12H19NS. The van der Waals surface area contributed by atoms with E-state index in [0.29, 0.717) is 12.0 Å². The summed E-state index contributed by atoms with van der Waals surface area (Å²) in [6, 6.07) is 3.07. The fraction of sp³-hybridized carbons (Fsp3) is 0.667. The lowest BCUT2D eigenvalue weighted by Crippen LogP contribution is -2.27. The minimum absolute atomic E-state index is 0.644. The van der Waals surface area contributed by atoms with Crippen LogP contribution in [0.5, 0.6) is 0 Å². The largest absolute Gasteiger partial charge is 0.314 e. The van der Waals surface area contributed by atoms with Crippen LogP contribution in [0.4, 0.5) is 0 Å². The molecule has 0 aliphatic carbocycles. The van der Waals surface area contributed by atoms with Gasteiger partial charge in [0.1, 0.15) is 0 Å². The summed E-state index contributed by atoms with van der Waals surface area (Å²) in [5.41, 5.74) is 1.59. The second-order valence-corrected chi connectivity index (χ2v) is 5.73. The smallest absolute Gasteiger partial charge is 0.00934 e. The van der Waals surface area contributed by atoms with Gasteiger partial charge >= 0.3 is 0 Å². The van der Waals surface area contributed by atoms with Gasteiger partial charge < -0.3 is 5.32 Å². The molecule has 0 bridgehead atoms. The molecule has 78 valence electrons. The van der Waals surface area contributed by atoms with Gasteiger partial charge in [-0.05, 0) is 37.3 Å². The molecule has 0 spiro atoms. The maximum Gasteiger partial charge on any atom is 0.00934 e. The van der Waals surface area contributed by atoms with Gasteiger partial charge in [0.15, 0.2) is 0 Å². The molecule has 0 radical (unpaired) electrons. The molecule has 1 aromatic rings. The maximum absolute atomic E-state index is 3.53. The second-order valence-electron chi connectivity index (χ2n) is 4.56. The maximum atomic E-state index is 3.53. The van der Waals surface area contributed by atoms with E-state index < -0.39 is 0 Å². The highest BCUT2D eigenvalue weighted by molar-refractivity contribution is 7.12. The average Bonchev–Trinajstić information content (AvgIpc) is 2.42. The Morgan fingerprint density at radius 3 is 3.00 bits per heavy atom. The molecule has 1 unspecified atom stereocenters. The van der Waals surface area contributed by atoms with Crippen LogP contribution in [0, 0.1) is 0 Å². The van der Waals surface area contributed by atoms with Gasteiger partial charge in [0.25, 0.3) is 0 Å². The fourth-order valence-electron chi connectivity index (χ4n) is 1.99. The van der Waals surface area contributed by atoms with Gasteiger partial charge in [-0.25, -0.2) is 0 Å². The van der Waals surface area contributed by atoms with Crippen molar-refractivity contribution in [2.45, 2.75) is 45.6 Å². The third-order valence-corrected chi connectivity index (χ3v) is 4.39. The normalized spacial score (nSPS) is 22.1. The van der Waals surface area contributed by atoms with Crippen molar-refractivity contribution in [1.29, 1.82) is 0 Å². The number of thiophene rings is 1. The van der Waals surface area contributed by atoms with Crippen LogP contribution >= 0.6 is 11.3 Å². The van der Waals surface area contributed by atoms with Crippen molar-refractivity contribution in [2.24, 2.45) is 0 Å². The van der Waals surface area contributed by atoms with Crippen LogP contribution in [-0.4, -0.2) is 12.6 Å². The van der Waals surface area contributed by atoms with E-state index in [2.05, 4.69) is 32.2 Å². The number of rotatable bonds is 1. The summed E-state index contributed by atoms with van der Waals surface area (Å²) in [4.78, 5) is 3.18. The Morgan fingerprint density at radius 2 is 2.29 bits per heavy atom. The van der Waals surface area contributed by atoms with E-state index in [1.54, 1.807) is 15.3 Å². The fourth-order valence-corrected chi connectivity index (χ4v) is 3.19. The Balaban J connectivity index is 2.27. The Labute approximate surface area is 90.5 Å². The molecule has 14 heavy (non-hydrogen) atoms. The third kappa shape index (κ3) is 2.01. The van der Waals surface area contributed by atoms with Gasteiger partial charge in [-0.3, -0.25) is 0 Å². The molecule has 1 nitrogen and oxygen atoms in total. The van der Waals surface area contributed by atoms with Crippen LogP contribution in [-0.2, 0) is 12.8 Å². The van der Waals surface area contributed by atoms with Crippen LogP contribution in [0.2, 0.25) is 0 Å². The van der Waals surface area contributed by atoms with E-state index in [4.69, 9.17) is 0 Å². The van der Waals surface area contributed by atoms with Crippen LogP contribution < -0.4 is 5.32 Å². The van der Waals surface area contributed by atoms with Crippen molar-refractivity contribution < 1.29 is 0 Å². The highest BCUT2D eigenvalue weighted by Gasteiger charge is 2.16. The van der Waals surface area contributed by atoms with Crippen molar-refractivity contribution in [3.8, 4) is 0 Å². The summed E-state index contributed by atoms with van der Waals surface area (Å²) >= 11 is 2.02. The first-order chi connectivity index (χ1) is 6.66. The van der Waals surface area contributed by atoms with Gasteiger partial charge in [-0.2, -0.15) is 0 Å². The van der Waals surface area contributed by atoms with Crippen molar-refractivity contribution in [1.82, 2.24) is 5.32 Å². The van der Waals surface area contributed by atoms with Gasteiger partial charge in [0.2, 0.25) is 0 Å². The highest BCUT2D eigenvalue weighted by atomic mass is 32.1. The first-order valence-electron chi connectivity index (χ1n) is 5.51. The lowest BCUT2D eigenvalue weighted by Gasteiger charge is -2.08. The summed E-state index contributed by atoms with van der Waals surface area (Å²) < 4.78 is 0. The molecule has 1 aromatic heterocycles. The highest BCUT2D eigenvalue weighted by Crippen LogP contribution is 2.30. The molecular weight excluding hydrogens is 190 g/mol. The molecule has 0 aromatic carbocycles. The number of hydrogen-bond donors (Lipinski definition) is 1. The zero-order valence-electron chi connectivity index (χ0n) is 9.26. The number of nitrogens with one attached hydrogen (secondary N) is 1. The molecule has 0 amide bonds. The van der Waals surface area contributed by atoms with Crippen LogP contribution in [0.15, 0.2) is 6.07 Å². The minimum Gasteiger partial charge on any atom is -0.314 e. The molecule has 1 aliphatic rings. The number of fused-ring (bicyclic) bond motifs is 1. The van der Waals surface area contributed by atoms with Crippen molar-refractivity contribution in [3.63, 3.8) is 0 Å². The minimum atomic E-state index is 0.644. The Hall–Kier alpha value is -0.340. The molecule has 1 N–H and O–H groups in total. The van der Waals surface area contributed by atoms with Crippen molar-refractivity contribution >= 4 is 11.3 Å². The first-order valence-corrected chi connectivity index (χ1v) is 6.33. The van der Waals surface area contributed by atoms with Crippen LogP contribution in [0.3, 0.4) is 0 Å². The second kappa shape index (κ2) is 4.03. The van der Waals surface area contributed by atoms with Crippen LogP contribution in [0.25, 0.3) is 0 Å². The SMILES string of the molecule is CC1Cc2cc(C(C)C)sc2CCN1. The number of hydrogen-bond acceptors (Lipinski definition) is 2. The average molecular weight is 209 g/mol. The van der Waals surface area contributed by atoms with E-state index in [1.165, 1.54) is 12.8 Å². The molecule has 2 heteroatoms. The van der Waals surface area contributed by atoms with Gasteiger partial charge in [-0.1, -0.05) is 13.8 Å². The predicted molar refractivity (Wildman–Crippen MR) is 63.3 cm³/mol. The zero-order valence-corrected chi connectivity index (χ0v) is 10.1. The van der Waals surface area contributed by atoms with E-state index in [0.717, 1.165) is 6.54 Å². The summed E-state index contributed by atoms with van der Waals surface area (Å²) in [5.74, 6) is 0.690. The van der Waals surface area contributed by atoms with E-state index in [1.807, 2.05) is 11.3 Å².